The van der Waals surface area contributed by atoms with E-state index in [1.54, 1.807) is 0 Å². The van der Waals surface area contributed by atoms with Crippen LogP contribution < -0.4 is 0 Å². The van der Waals surface area contributed by atoms with Crippen molar-refractivity contribution < 1.29 is 46.0 Å². The molecule has 0 saturated carbocycles. The summed E-state index contributed by atoms with van der Waals surface area (Å²) in [6.07, 6.45) is 45.1. The van der Waals surface area contributed by atoms with Crippen LogP contribution in [-0.4, -0.2) is 86.5 Å². The van der Waals surface area contributed by atoms with Crippen LogP contribution in [0.5, 0.6) is 0 Å². The van der Waals surface area contributed by atoms with Gasteiger partial charge in [0.05, 0.1) is 19.3 Å². The number of ether oxygens (including phenoxy) is 2. The Bertz CT molecular complexity index is 721. The van der Waals surface area contributed by atoms with Gasteiger partial charge in [0.1, 0.15) is 24.4 Å². The van der Waals surface area contributed by atoms with Crippen LogP contribution in [0.15, 0.2) is 0 Å². The standard InChI is InChI=1S/C25H52.C24H48O7.2H2O/c1-3-5-7-9-11-13-15-17-19-21-23-25-24-22-20-18-16-14-12-10-8-6-4-2;1-2-3-4-5-6-7-8-9-10-11-12-13-14-15-19(26)16-17-30-24-23(29)22(28)21(27)20(18-25)31-24;;/h3-25H2,1-2H3;19-29H,2-18H2,1H3;2*1H2/t;19-,20?,21?,22?,23?,24?;;/m.1../s1. The maximum atomic E-state index is 10.1. The second-order valence-electron chi connectivity index (χ2n) is 17.5. The highest BCUT2D eigenvalue weighted by Gasteiger charge is 2.44. The molecular weight excluding hydrogens is 733 g/mol. The van der Waals surface area contributed by atoms with Crippen molar-refractivity contribution in [2.75, 3.05) is 13.2 Å². The molecule has 1 heterocycles. The highest BCUT2D eigenvalue weighted by Crippen LogP contribution is 2.23. The summed E-state index contributed by atoms with van der Waals surface area (Å²) in [5, 5.41) is 48.7. The fourth-order valence-electron chi connectivity index (χ4n) is 7.93. The third kappa shape index (κ3) is 39.8. The smallest absolute Gasteiger partial charge is 0.186 e. The van der Waals surface area contributed by atoms with E-state index in [1.165, 1.54) is 218 Å². The first-order chi connectivity index (χ1) is 27.4. The van der Waals surface area contributed by atoms with Crippen LogP contribution in [0, 0.1) is 0 Å². The van der Waals surface area contributed by atoms with Gasteiger partial charge in [-0.1, -0.05) is 252 Å². The van der Waals surface area contributed by atoms with E-state index in [0.29, 0.717) is 6.42 Å². The maximum absolute atomic E-state index is 10.1. The van der Waals surface area contributed by atoms with E-state index in [2.05, 4.69) is 20.8 Å². The second kappa shape index (κ2) is 49.3. The molecule has 1 fully saturated rings. The van der Waals surface area contributed by atoms with Crippen LogP contribution in [0.2, 0.25) is 0 Å². The molecule has 0 aromatic carbocycles. The summed E-state index contributed by atoms with van der Waals surface area (Å²) >= 11 is 0. The van der Waals surface area contributed by atoms with Crippen LogP contribution in [0.3, 0.4) is 0 Å². The Hall–Kier alpha value is -0.360. The molecule has 9 heteroatoms. The van der Waals surface area contributed by atoms with Gasteiger partial charge in [-0.15, -0.1) is 0 Å². The van der Waals surface area contributed by atoms with E-state index in [0.717, 1.165) is 19.3 Å². The maximum Gasteiger partial charge on any atom is 0.186 e. The molecule has 0 radical (unpaired) electrons. The van der Waals surface area contributed by atoms with Gasteiger partial charge in [0.25, 0.3) is 0 Å². The summed E-state index contributed by atoms with van der Waals surface area (Å²) in [7, 11) is 0. The van der Waals surface area contributed by atoms with E-state index < -0.39 is 43.4 Å². The van der Waals surface area contributed by atoms with Crippen LogP contribution in [0.4, 0.5) is 0 Å². The SMILES string of the molecule is CCCCCCCCCCCCCCCCCCCCCCCCC.CCCCCCCCCCCCCCC[C@@H](O)CCOC1OC(CO)C(O)C(O)C1O.O.O. The van der Waals surface area contributed by atoms with Crippen LogP contribution in [-0.2, 0) is 9.47 Å². The molecule has 0 aliphatic carbocycles. The Labute approximate surface area is 359 Å². The lowest BCUT2D eigenvalue weighted by molar-refractivity contribution is -0.301. The summed E-state index contributed by atoms with van der Waals surface area (Å²) in [4.78, 5) is 0. The molecule has 0 bridgehead atoms. The van der Waals surface area contributed by atoms with Gasteiger partial charge in [-0.05, 0) is 12.8 Å². The zero-order chi connectivity index (χ0) is 41.2. The normalized spacial score (nSPS) is 19.6. The zero-order valence-corrected chi connectivity index (χ0v) is 38.8. The van der Waals surface area contributed by atoms with Gasteiger partial charge in [-0.25, -0.2) is 0 Å². The average molecular weight is 837 g/mol. The minimum atomic E-state index is -1.44. The number of aliphatic hydroxyl groups is 5. The van der Waals surface area contributed by atoms with E-state index in [-0.39, 0.29) is 17.6 Å². The van der Waals surface area contributed by atoms with Gasteiger partial charge in [0, 0.05) is 0 Å². The highest BCUT2D eigenvalue weighted by atomic mass is 16.7. The molecule has 1 aliphatic rings. The minimum Gasteiger partial charge on any atom is -0.412 e. The Morgan fingerprint density at radius 2 is 0.672 bits per heavy atom. The molecule has 0 spiro atoms. The molecule has 6 atom stereocenters. The molecule has 1 rings (SSSR count). The third-order valence-corrected chi connectivity index (χ3v) is 11.9. The van der Waals surface area contributed by atoms with Gasteiger partial charge in [-0.2, -0.15) is 0 Å². The Morgan fingerprint density at radius 1 is 0.397 bits per heavy atom. The average Bonchev–Trinajstić information content (AvgIpc) is 3.20. The topological polar surface area (TPSA) is 183 Å². The van der Waals surface area contributed by atoms with Gasteiger partial charge in [-0.3, -0.25) is 0 Å². The van der Waals surface area contributed by atoms with Gasteiger partial charge >= 0.3 is 0 Å². The van der Waals surface area contributed by atoms with Crippen molar-refractivity contribution >= 4 is 0 Å². The molecule has 0 amide bonds. The van der Waals surface area contributed by atoms with E-state index >= 15 is 0 Å². The predicted molar refractivity (Wildman–Crippen MR) is 245 cm³/mol. The van der Waals surface area contributed by atoms with Crippen molar-refractivity contribution in [1.82, 2.24) is 0 Å². The van der Waals surface area contributed by atoms with Crippen LogP contribution >= 0.6 is 0 Å². The third-order valence-electron chi connectivity index (χ3n) is 11.9. The highest BCUT2D eigenvalue weighted by molar-refractivity contribution is 4.88. The van der Waals surface area contributed by atoms with E-state index in [4.69, 9.17) is 9.47 Å². The predicted octanol–water partition coefficient (Wildman–Crippen LogP) is 11.4. The lowest BCUT2D eigenvalue weighted by atomic mass is 9.99. The molecule has 9 N–H and O–H groups in total. The lowest BCUT2D eigenvalue weighted by Gasteiger charge is -2.39. The molecule has 0 aromatic rings. The first kappa shape index (κ1) is 61.9. The van der Waals surface area contributed by atoms with Crippen LogP contribution in [0.1, 0.15) is 265 Å². The molecule has 1 aliphatic heterocycles. The molecule has 0 aromatic heterocycles. The molecule has 58 heavy (non-hydrogen) atoms. The molecule has 9 nitrogen and oxygen atoms in total. The summed E-state index contributed by atoms with van der Waals surface area (Å²) in [5.74, 6) is 0. The van der Waals surface area contributed by atoms with E-state index in [9.17, 15) is 25.5 Å². The van der Waals surface area contributed by atoms with Crippen molar-refractivity contribution in [3.05, 3.63) is 0 Å². The van der Waals surface area contributed by atoms with Crippen molar-refractivity contribution in [2.24, 2.45) is 0 Å². The Morgan fingerprint density at radius 3 is 0.948 bits per heavy atom. The number of hydrogen-bond acceptors (Lipinski definition) is 7. The summed E-state index contributed by atoms with van der Waals surface area (Å²) < 4.78 is 10.7. The van der Waals surface area contributed by atoms with E-state index in [1.807, 2.05) is 0 Å². The summed E-state index contributed by atoms with van der Waals surface area (Å²) in [6.45, 7) is 6.55. The first-order valence-corrected chi connectivity index (χ1v) is 25.0. The monoisotopic (exact) mass is 837 g/mol. The quantitative estimate of drug-likeness (QED) is 0.0380. The van der Waals surface area contributed by atoms with Gasteiger partial charge < -0.3 is 46.0 Å². The zero-order valence-electron chi connectivity index (χ0n) is 38.8. The first-order valence-electron chi connectivity index (χ1n) is 25.0. The summed E-state index contributed by atoms with van der Waals surface area (Å²) in [5.41, 5.74) is 0. The second-order valence-corrected chi connectivity index (χ2v) is 17.5. The number of hydrogen-bond donors (Lipinski definition) is 5. The van der Waals surface area contributed by atoms with Gasteiger partial charge in [0.2, 0.25) is 0 Å². The summed E-state index contributed by atoms with van der Waals surface area (Å²) in [6, 6.07) is 0. The number of aliphatic hydroxyl groups excluding tert-OH is 5. The number of unbranched alkanes of at least 4 members (excludes halogenated alkanes) is 34. The lowest BCUT2D eigenvalue weighted by Crippen LogP contribution is -2.59. The van der Waals surface area contributed by atoms with Gasteiger partial charge in [0.15, 0.2) is 6.29 Å². The Balaban J connectivity index is -0.00000103. The minimum absolute atomic E-state index is 0. The fourth-order valence-corrected chi connectivity index (χ4v) is 7.93. The molecule has 1 saturated heterocycles. The molecule has 5 unspecified atom stereocenters. The largest absolute Gasteiger partial charge is 0.412 e. The fraction of sp³-hybridized carbons (Fsp3) is 1.00. The molecule has 354 valence electrons. The van der Waals surface area contributed by atoms with Crippen molar-refractivity contribution in [1.29, 1.82) is 0 Å². The molecular formula is C49H104O9. The van der Waals surface area contributed by atoms with Crippen molar-refractivity contribution in [2.45, 2.75) is 302 Å². The van der Waals surface area contributed by atoms with Crippen LogP contribution in [0.25, 0.3) is 0 Å². The Kier molecular flexibility index (Phi) is 52.6. The van der Waals surface area contributed by atoms with Crippen molar-refractivity contribution in [3.8, 4) is 0 Å². The van der Waals surface area contributed by atoms with Crippen molar-refractivity contribution in [3.63, 3.8) is 0 Å². The number of rotatable bonds is 41.